The number of hydrogen-bond donors (Lipinski definition) is 2. The number of nitrogens with zero attached hydrogens (tertiary/aromatic N) is 1. The highest BCUT2D eigenvalue weighted by Gasteiger charge is 2.10. The molecule has 1 amide bonds. The molecule has 0 radical (unpaired) electrons. The molecule has 96 valence electrons. The highest BCUT2D eigenvalue weighted by Crippen LogP contribution is 2.11. The fraction of sp³-hybridized carbons (Fsp3) is 0.0769. The number of hydrogen-bond acceptors (Lipinski definition) is 4. The molecule has 2 aromatic rings. The van der Waals surface area contributed by atoms with Crippen LogP contribution in [0.4, 0.5) is 10.2 Å². The minimum atomic E-state index is -0.575. The molecule has 0 saturated heterocycles. The molecule has 0 aliphatic rings. The van der Waals surface area contributed by atoms with Crippen molar-refractivity contribution < 1.29 is 13.7 Å². The summed E-state index contributed by atoms with van der Waals surface area (Å²) in [6.07, 6.45) is 1.32. The Hall–Kier alpha value is -2.65. The quantitative estimate of drug-likeness (QED) is 0.798. The summed E-state index contributed by atoms with van der Waals surface area (Å²) >= 11 is 0. The molecule has 0 unspecified atom stereocenters. The number of carbonyl (C=O) groups excluding carboxylic acids is 1. The molecule has 5 nitrogen and oxygen atoms in total. The van der Waals surface area contributed by atoms with Gasteiger partial charge in [-0.05, 0) is 18.2 Å². The number of nitrogens with two attached hydrogens (primary N) is 1. The van der Waals surface area contributed by atoms with Gasteiger partial charge in [0.2, 0.25) is 0 Å². The first-order chi connectivity index (χ1) is 9.20. The Morgan fingerprint density at radius 1 is 1.47 bits per heavy atom. The average molecular weight is 259 g/mol. The summed E-state index contributed by atoms with van der Waals surface area (Å²) in [5.41, 5.74) is 5.57. The highest BCUT2D eigenvalue weighted by molar-refractivity contribution is 6.03. The largest absolute Gasteiger partial charge is 0.363 e. The monoisotopic (exact) mass is 259 g/mol. The van der Waals surface area contributed by atoms with E-state index < -0.39 is 11.7 Å². The molecule has 0 aliphatic carbocycles. The Balaban J connectivity index is 2.17. The number of rotatable bonds is 2. The number of halogens is 1. The molecule has 0 spiro atoms. The number of carbonyl (C=O) groups is 1. The van der Waals surface area contributed by atoms with Crippen LogP contribution in [0.5, 0.6) is 0 Å². The Kier molecular flexibility index (Phi) is 3.90. The zero-order valence-electron chi connectivity index (χ0n) is 9.81. The number of anilines is 1. The predicted octanol–water partition coefficient (Wildman–Crippen LogP) is 1.38. The first-order valence-electron chi connectivity index (χ1n) is 5.41. The van der Waals surface area contributed by atoms with Crippen LogP contribution in [0.15, 0.2) is 35.1 Å². The maximum Gasteiger partial charge on any atom is 0.257 e. The van der Waals surface area contributed by atoms with Gasteiger partial charge in [-0.3, -0.25) is 4.79 Å². The molecular formula is C13H10FN3O2. The smallest absolute Gasteiger partial charge is 0.257 e. The molecule has 0 bridgehead atoms. The maximum absolute atomic E-state index is 13.7. The van der Waals surface area contributed by atoms with E-state index in [4.69, 9.17) is 5.73 Å². The minimum Gasteiger partial charge on any atom is -0.363 e. The van der Waals surface area contributed by atoms with E-state index in [2.05, 4.69) is 26.8 Å². The average Bonchev–Trinajstić information content (AvgIpc) is 2.90. The summed E-state index contributed by atoms with van der Waals surface area (Å²) in [6.45, 7) is 0.147. The van der Waals surface area contributed by atoms with Crippen molar-refractivity contribution >= 4 is 11.7 Å². The lowest BCUT2D eigenvalue weighted by atomic mass is 10.1. The molecule has 0 fully saturated rings. The van der Waals surface area contributed by atoms with E-state index in [0.717, 1.165) is 6.07 Å². The van der Waals surface area contributed by atoms with Crippen LogP contribution >= 0.6 is 0 Å². The third-order valence-electron chi connectivity index (χ3n) is 2.24. The van der Waals surface area contributed by atoms with E-state index in [1.165, 1.54) is 24.5 Å². The third kappa shape index (κ3) is 3.18. The lowest BCUT2D eigenvalue weighted by Gasteiger charge is -2.02. The standard InChI is InChI=1S/C13H10FN3O2/c14-11-8-10(4-3-9(11)2-1-6-15)13(18)16-12-5-7-19-17-12/h3-5,7-8H,6,15H2,(H,16,17,18). The first kappa shape index (κ1) is 12.8. The van der Waals surface area contributed by atoms with Crippen LogP contribution in [0.1, 0.15) is 15.9 Å². The summed E-state index contributed by atoms with van der Waals surface area (Å²) in [5, 5.41) is 5.99. The van der Waals surface area contributed by atoms with Crippen molar-refractivity contribution in [2.24, 2.45) is 5.73 Å². The van der Waals surface area contributed by atoms with Crippen LogP contribution in [0.3, 0.4) is 0 Å². The van der Waals surface area contributed by atoms with Gasteiger partial charge in [0, 0.05) is 11.6 Å². The fourth-order valence-corrected chi connectivity index (χ4v) is 1.37. The first-order valence-corrected chi connectivity index (χ1v) is 5.41. The van der Waals surface area contributed by atoms with Crippen molar-refractivity contribution in [3.8, 4) is 11.8 Å². The van der Waals surface area contributed by atoms with E-state index in [9.17, 15) is 9.18 Å². The lowest BCUT2D eigenvalue weighted by molar-refractivity contribution is 0.102. The van der Waals surface area contributed by atoms with Crippen LogP contribution < -0.4 is 11.1 Å². The van der Waals surface area contributed by atoms with Gasteiger partial charge in [0.1, 0.15) is 12.1 Å². The van der Waals surface area contributed by atoms with Gasteiger partial charge in [0.15, 0.2) is 5.82 Å². The van der Waals surface area contributed by atoms with Crippen LogP contribution in [-0.4, -0.2) is 17.6 Å². The van der Waals surface area contributed by atoms with E-state index in [1.807, 2.05) is 0 Å². The predicted molar refractivity (Wildman–Crippen MR) is 66.8 cm³/mol. The van der Waals surface area contributed by atoms with E-state index >= 15 is 0 Å². The fourth-order valence-electron chi connectivity index (χ4n) is 1.37. The van der Waals surface area contributed by atoms with Crippen molar-refractivity contribution in [3.05, 3.63) is 47.5 Å². The summed E-state index contributed by atoms with van der Waals surface area (Å²) in [6, 6.07) is 5.49. The zero-order chi connectivity index (χ0) is 13.7. The summed E-state index contributed by atoms with van der Waals surface area (Å²) in [4.78, 5) is 11.8. The molecule has 1 aromatic carbocycles. The van der Waals surface area contributed by atoms with Crippen LogP contribution in [0.25, 0.3) is 0 Å². The second-order valence-corrected chi connectivity index (χ2v) is 3.54. The zero-order valence-corrected chi connectivity index (χ0v) is 9.81. The van der Waals surface area contributed by atoms with Crippen LogP contribution in [0, 0.1) is 17.7 Å². The molecule has 0 aliphatic heterocycles. The molecule has 1 heterocycles. The molecule has 19 heavy (non-hydrogen) atoms. The number of nitrogens with one attached hydrogen (secondary N) is 1. The van der Waals surface area contributed by atoms with Crippen molar-refractivity contribution in [2.75, 3.05) is 11.9 Å². The number of benzene rings is 1. The lowest BCUT2D eigenvalue weighted by Crippen LogP contribution is -2.12. The molecule has 1 aromatic heterocycles. The van der Waals surface area contributed by atoms with Crippen LogP contribution in [-0.2, 0) is 0 Å². The van der Waals surface area contributed by atoms with Gasteiger partial charge in [-0.1, -0.05) is 17.0 Å². The van der Waals surface area contributed by atoms with Gasteiger partial charge in [0.25, 0.3) is 5.91 Å². The second-order valence-electron chi connectivity index (χ2n) is 3.54. The third-order valence-corrected chi connectivity index (χ3v) is 2.24. The van der Waals surface area contributed by atoms with Gasteiger partial charge >= 0.3 is 0 Å². The summed E-state index contributed by atoms with van der Waals surface area (Å²) < 4.78 is 18.2. The summed E-state index contributed by atoms with van der Waals surface area (Å²) in [7, 11) is 0. The van der Waals surface area contributed by atoms with Gasteiger partial charge in [-0.25, -0.2) is 4.39 Å². The molecule has 0 atom stereocenters. The van der Waals surface area contributed by atoms with Gasteiger partial charge in [0.05, 0.1) is 12.1 Å². The highest BCUT2D eigenvalue weighted by atomic mass is 19.1. The van der Waals surface area contributed by atoms with Crippen molar-refractivity contribution in [2.45, 2.75) is 0 Å². The topological polar surface area (TPSA) is 81.2 Å². The number of amides is 1. The Bertz CT molecular complexity index is 642. The van der Waals surface area contributed by atoms with E-state index in [-0.39, 0.29) is 23.5 Å². The Morgan fingerprint density at radius 2 is 2.32 bits per heavy atom. The van der Waals surface area contributed by atoms with Gasteiger partial charge in [-0.15, -0.1) is 0 Å². The van der Waals surface area contributed by atoms with Crippen molar-refractivity contribution in [1.29, 1.82) is 0 Å². The summed E-state index contributed by atoms with van der Waals surface area (Å²) in [5.74, 6) is 4.33. The molecular weight excluding hydrogens is 249 g/mol. The van der Waals surface area contributed by atoms with Gasteiger partial charge < -0.3 is 15.6 Å². The second kappa shape index (κ2) is 5.80. The SMILES string of the molecule is NCC#Cc1ccc(C(=O)Nc2ccon2)cc1F. The normalized spacial score (nSPS) is 9.58. The molecule has 0 saturated carbocycles. The molecule has 2 rings (SSSR count). The van der Waals surface area contributed by atoms with Gasteiger partial charge in [-0.2, -0.15) is 0 Å². The maximum atomic E-state index is 13.7. The van der Waals surface area contributed by atoms with Crippen LogP contribution in [0.2, 0.25) is 0 Å². The number of aromatic nitrogens is 1. The van der Waals surface area contributed by atoms with E-state index in [0.29, 0.717) is 0 Å². The molecule has 3 N–H and O–H groups in total. The Labute approximate surface area is 108 Å². The Morgan fingerprint density at radius 3 is 2.95 bits per heavy atom. The molecule has 6 heteroatoms. The van der Waals surface area contributed by atoms with E-state index in [1.54, 1.807) is 0 Å². The van der Waals surface area contributed by atoms with Crippen molar-refractivity contribution in [1.82, 2.24) is 5.16 Å². The minimum absolute atomic E-state index is 0.147. The van der Waals surface area contributed by atoms with Crippen molar-refractivity contribution in [3.63, 3.8) is 0 Å².